The van der Waals surface area contributed by atoms with E-state index in [4.69, 9.17) is 14.2 Å². The highest BCUT2D eigenvalue weighted by Gasteiger charge is 2.27. The Kier molecular flexibility index (Phi) is 6.76. The molecule has 0 aromatic heterocycles. The lowest BCUT2D eigenvalue weighted by Gasteiger charge is -2.16. The van der Waals surface area contributed by atoms with Crippen LogP contribution in [0.5, 0.6) is 17.2 Å². The molecular formula is C21H25NO6S. The number of carbonyl (C=O) groups is 1. The molecule has 0 heterocycles. The van der Waals surface area contributed by atoms with Crippen LogP contribution in [0.4, 0.5) is 0 Å². The maximum atomic E-state index is 12.9. The number of carbonyl (C=O) groups excluding carboxylic acids is 1. The van der Waals surface area contributed by atoms with E-state index in [0.717, 1.165) is 25.7 Å². The predicted molar refractivity (Wildman–Crippen MR) is 108 cm³/mol. The Balaban J connectivity index is 1.87. The average Bonchev–Trinajstić information content (AvgIpc) is 3.21. The SMILES string of the molecule is CCOc1ccccc1OC(=O)c1ccc(OC)c(S(=O)(=O)NC2CCCC2)c1. The van der Waals surface area contributed by atoms with Gasteiger partial charge < -0.3 is 14.2 Å². The Morgan fingerprint density at radius 2 is 1.76 bits per heavy atom. The van der Waals surface area contributed by atoms with Crippen LogP contribution < -0.4 is 18.9 Å². The summed E-state index contributed by atoms with van der Waals surface area (Å²) in [6, 6.07) is 10.9. The maximum absolute atomic E-state index is 12.9. The lowest BCUT2D eigenvalue weighted by Crippen LogP contribution is -2.33. The first-order valence-corrected chi connectivity index (χ1v) is 11.1. The van der Waals surface area contributed by atoms with E-state index < -0.39 is 16.0 Å². The quantitative estimate of drug-likeness (QED) is 0.520. The number of hydrogen-bond acceptors (Lipinski definition) is 6. The van der Waals surface area contributed by atoms with Crippen molar-refractivity contribution in [3.63, 3.8) is 0 Å². The van der Waals surface area contributed by atoms with Crippen LogP contribution in [0.1, 0.15) is 43.0 Å². The molecule has 29 heavy (non-hydrogen) atoms. The number of benzene rings is 2. The fraction of sp³-hybridized carbons (Fsp3) is 0.381. The number of methoxy groups -OCH3 is 1. The Labute approximate surface area is 171 Å². The molecule has 0 aliphatic heterocycles. The van der Waals surface area contributed by atoms with Gasteiger partial charge in [0.2, 0.25) is 10.0 Å². The fourth-order valence-electron chi connectivity index (χ4n) is 3.31. The number of rotatable bonds is 8. The second kappa shape index (κ2) is 9.28. The molecule has 1 aliphatic rings. The zero-order chi connectivity index (χ0) is 20.9. The molecule has 0 bridgehead atoms. The normalized spacial score (nSPS) is 14.6. The third kappa shape index (κ3) is 5.07. The van der Waals surface area contributed by atoms with Crippen LogP contribution in [0.2, 0.25) is 0 Å². The molecule has 3 rings (SSSR count). The summed E-state index contributed by atoms with van der Waals surface area (Å²) in [6.07, 6.45) is 3.60. The number of sulfonamides is 1. The lowest BCUT2D eigenvalue weighted by molar-refractivity contribution is 0.0728. The van der Waals surface area contributed by atoms with Crippen LogP contribution in [0.25, 0.3) is 0 Å². The minimum Gasteiger partial charge on any atom is -0.495 e. The summed E-state index contributed by atoms with van der Waals surface area (Å²) in [4.78, 5) is 12.6. The van der Waals surface area contributed by atoms with Crippen molar-refractivity contribution in [1.29, 1.82) is 0 Å². The Morgan fingerprint density at radius 3 is 2.41 bits per heavy atom. The van der Waals surface area contributed by atoms with Crippen molar-refractivity contribution in [3.05, 3.63) is 48.0 Å². The van der Waals surface area contributed by atoms with Gasteiger partial charge in [0.05, 0.1) is 19.3 Å². The number of para-hydroxylation sites is 2. The Bertz CT molecular complexity index is 967. The van der Waals surface area contributed by atoms with Crippen molar-refractivity contribution in [3.8, 4) is 17.2 Å². The van der Waals surface area contributed by atoms with Crippen LogP contribution >= 0.6 is 0 Å². The van der Waals surface area contributed by atoms with Crippen LogP contribution in [0.3, 0.4) is 0 Å². The zero-order valence-electron chi connectivity index (χ0n) is 16.5. The molecule has 156 valence electrons. The molecule has 0 amide bonds. The Morgan fingerprint density at radius 1 is 1.07 bits per heavy atom. The second-order valence-electron chi connectivity index (χ2n) is 6.74. The minimum absolute atomic E-state index is 0.0838. The van der Waals surface area contributed by atoms with Crippen molar-refractivity contribution in [2.75, 3.05) is 13.7 Å². The highest BCUT2D eigenvalue weighted by molar-refractivity contribution is 7.89. The highest BCUT2D eigenvalue weighted by atomic mass is 32.2. The van der Waals surface area contributed by atoms with E-state index in [1.165, 1.54) is 25.3 Å². The fourth-order valence-corrected chi connectivity index (χ4v) is 4.81. The first kappa shape index (κ1) is 21.1. The Hall–Kier alpha value is -2.58. The van der Waals surface area contributed by atoms with Crippen molar-refractivity contribution in [2.45, 2.75) is 43.5 Å². The highest BCUT2D eigenvalue weighted by Crippen LogP contribution is 2.30. The number of esters is 1. The van der Waals surface area contributed by atoms with Gasteiger partial charge >= 0.3 is 5.97 Å². The largest absolute Gasteiger partial charge is 0.495 e. The molecule has 8 heteroatoms. The molecule has 0 unspecified atom stereocenters. The molecule has 1 fully saturated rings. The number of ether oxygens (including phenoxy) is 3. The molecule has 2 aromatic carbocycles. The van der Waals surface area contributed by atoms with Gasteiger partial charge in [-0.1, -0.05) is 25.0 Å². The molecule has 0 spiro atoms. The van der Waals surface area contributed by atoms with Gasteiger partial charge in [-0.15, -0.1) is 0 Å². The summed E-state index contributed by atoms with van der Waals surface area (Å²) in [5, 5.41) is 0. The molecule has 1 saturated carbocycles. The topological polar surface area (TPSA) is 90.9 Å². The van der Waals surface area contributed by atoms with Crippen LogP contribution in [0, 0.1) is 0 Å². The molecule has 7 nitrogen and oxygen atoms in total. The van der Waals surface area contributed by atoms with E-state index in [1.54, 1.807) is 24.3 Å². The first-order valence-electron chi connectivity index (χ1n) is 9.59. The zero-order valence-corrected chi connectivity index (χ0v) is 17.3. The minimum atomic E-state index is -3.84. The van der Waals surface area contributed by atoms with Crippen molar-refractivity contribution in [1.82, 2.24) is 4.72 Å². The van der Waals surface area contributed by atoms with E-state index in [9.17, 15) is 13.2 Å². The van der Waals surface area contributed by atoms with Crippen LogP contribution in [-0.2, 0) is 10.0 Å². The maximum Gasteiger partial charge on any atom is 0.343 e. The second-order valence-corrected chi connectivity index (χ2v) is 8.42. The van der Waals surface area contributed by atoms with Gasteiger partial charge in [-0.2, -0.15) is 0 Å². The monoisotopic (exact) mass is 419 g/mol. The summed E-state index contributed by atoms with van der Waals surface area (Å²) in [6.45, 7) is 2.25. The van der Waals surface area contributed by atoms with Crippen molar-refractivity contribution < 1.29 is 27.4 Å². The molecular weight excluding hydrogens is 394 g/mol. The molecule has 0 atom stereocenters. The van der Waals surface area contributed by atoms with Crippen molar-refractivity contribution >= 4 is 16.0 Å². The first-order chi connectivity index (χ1) is 13.9. The van der Waals surface area contributed by atoms with Gasteiger partial charge in [0.25, 0.3) is 0 Å². The summed E-state index contributed by atoms with van der Waals surface area (Å²) in [5.74, 6) is 0.190. The predicted octanol–water partition coefficient (Wildman–Crippen LogP) is 3.53. The molecule has 1 aliphatic carbocycles. The standard InChI is InChI=1S/C21H25NO6S/c1-3-27-17-10-6-7-11-18(17)28-21(23)15-12-13-19(26-2)20(14-15)29(24,25)22-16-8-4-5-9-16/h6-7,10-14,16,22H,3-5,8-9H2,1-2H3. The molecule has 2 aromatic rings. The number of nitrogens with one attached hydrogen (secondary N) is 1. The molecule has 0 saturated heterocycles. The summed E-state index contributed by atoms with van der Waals surface area (Å²) in [7, 11) is -2.45. The summed E-state index contributed by atoms with van der Waals surface area (Å²) < 4.78 is 44.6. The van der Waals surface area contributed by atoms with Gasteiger partial charge in [-0.05, 0) is 50.1 Å². The smallest absolute Gasteiger partial charge is 0.343 e. The van der Waals surface area contributed by atoms with E-state index in [1.807, 2.05) is 6.92 Å². The van der Waals surface area contributed by atoms with Gasteiger partial charge in [0.1, 0.15) is 10.6 Å². The van der Waals surface area contributed by atoms with Gasteiger partial charge in [0.15, 0.2) is 11.5 Å². The third-order valence-electron chi connectivity index (χ3n) is 4.72. The lowest BCUT2D eigenvalue weighted by atomic mass is 10.2. The van der Waals surface area contributed by atoms with Crippen LogP contribution in [0.15, 0.2) is 47.4 Å². The van der Waals surface area contributed by atoms with Crippen molar-refractivity contribution in [2.24, 2.45) is 0 Å². The van der Waals surface area contributed by atoms with E-state index in [-0.39, 0.29) is 28.0 Å². The number of hydrogen-bond donors (Lipinski definition) is 1. The van der Waals surface area contributed by atoms with Gasteiger partial charge in [-0.3, -0.25) is 0 Å². The van der Waals surface area contributed by atoms with E-state index >= 15 is 0 Å². The van der Waals surface area contributed by atoms with Gasteiger partial charge in [-0.25, -0.2) is 17.9 Å². The van der Waals surface area contributed by atoms with E-state index in [2.05, 4.69) is 4.72 Å². The molecule has 0 radical (unpaired) electrons. The van der Waals surface area contributed by atoms with E-state index in [0.29, 0.717) is 12.4 Å². The average molecular weight is 419 g/mol. The van der Waals surface area contributed by atoms with Gasteiger partial charge in [0, 0.05) is 6.04 Å². The summed E-state index contributed by atoms with van der Waals surface area (Å²) >= 11 is 0. The molecule has 1 N–H and O–H groups in total. The third-order valence-corrected chi connectivity index (χ3v) is 6.26. The summed E-state index contributed by atoms with van der Waals surface area (Å²) in [5.41, 5.74) is 0.101. The van der Waals surface area contributed by atoms with Crippen LogP contribution in [-0.4, -0.2) is 34.1 Å².